The highest BCUT2D eigenvalue weighted by atomic mass is 31.3. The van der Waals surface area contributed by atoms with Gasteiger partial charge in [-0.05, 0) is 0 Å². The highest BCUT2D eigenvalue weighted by Gasteiger charge is 2.48. The molecule has 33 heavy (non-hydrogen) atoms. The molecule has 19 nitrogen and oxygen atoms in total. The molecule has 22 heteroatoms. The maximum absolute atomic E-state index is 11.9. The van der Waals surface area contributed by atoms with Crippen LogP contribution in [0.5, 0.6) is 0 Å². The van der Waals surface area contributed by atoms with Crippen molar-refractivity contribution in [3.63, 3.8) is 0 Å². The van der Waals surface area contributed by atoms with E-state index < -0.39 is 60.2 Å². The number of aromatic amines is 1. The maximum atomic E-state index is 11.9. The minimum absolute atomic E-state index is 0.0521. The van der Waals surface area contributed by atoms with Crippen molar-refractivity contribution in [3.05, 3.63) is 16.7 Å². The third-order valence-corrected chi connectivity index (χ3v) is 7.93. The molecule has 6 atom stereocenters. The molecule has 1 saturated heterocycles. The number of aliphatic hydroxyl groups excluding tert-OH is 1. The number of aliphatic hydroxyl groups is 1. The fraction of sp³-hybridized carbons (Fsp3) is 0.545. The smallest absolute Gasteiger partial charge is 0.386 e. The van der Waals surface area contributed by atoms with E-state index in [0.29, 0.717) is 0 Å². The summed E-state index contributed by atoms with van der Waals surface area (Å²) in [6, 6.07) is 0. The van der Waals surface area contributed by atoms with E-state index in [9.17, 15) is 33.4 Å². The van der Waals surface area contributed by atoms with Crippen LogP contribution in [0, 0.1) is 0 Å². The number of imidazole rings is 1. The normalized spacial score (nSPS) is 27.5. The van der Waals surface area contributed by atoms with Gasteiger partial charge in [-0.1, -0.05) is 0 Å². The summed E-state index contributed by atoms with van der Waals surface area (Å²) >= 11 is 0. The summed E-state index contributed by atoms with van der Waals surface area (Å²) in [6.07, 6.45) is -4.11. The van der Waals surface area contributed by atoms with Gasteiger partial charge in [0.25, 0.3) is 5.56 Å². The molecular formula is C11H18N5O14P3. The van der Waals surface area contributed by atoms with E-state index in [1.807, 2.05) is 0 Å². The van der Waals surface area contributed by atoms with E-state index in [1.54, 1.807) is 0 Å². The summed E-state index contributed by atoms with van der Waals surface area (Å²) in [6.45, 7) is -0.876. The highest BCUT2D eigenvalue weighted by molar-refractivity contribution is 7.66. The topological polar surface area (TPSA) is 288 Å². The molecule has 0 saturated carbocycles. The van der Waals surface area contributed by atoms with Crippen molar-refractivity contribution in [2.75, 3.05) is 19.5 Å². The van der Waals surface area contributed by atoms with Crippen LogP contribution in [0.25, 0.3) is 11.2 Å². The number of nitrogens with zero attached hydrogens (tertiary/aromatic N) is 3. The van der Waals surface area contributed by atoms with Crippen molar-refractivity contribution in [3.8, 4) is 0 Å². The Balaban J connectivity index is 1.76. The lowest BCUT2D eigenvalue weighted by Crippen LogP contribution is -2.35. The number of hydrogen-bond donors (Lipinski definition) is 7. The number of fused-ring (bicyclic) bond motifs is 1. The molecule has 1 aliphatic rings. The first kappa shape index (κ1) is 26.1. The molecule has 0 radical (unpaired) electrons. The number of nitrogen functional groups attached to an aromatic ring is 1. The van der Waals surface area contributed by atoms with Crippen molar-refractivity contribution in [2.45, 2.75) is 24.5 Å². The highest BCUT2D eigenvalue weighted by Crippen LogP contribution is 2.66. The third-order valence-electron chi connectivity index (χ3n) is 4.12. The molecule has 3 rings (SSSR count). The minimum atomic E-state index is -5.71. The molecule has 1 aliphatic heterocycles. The predicted molar refractivity (Wildman–Crippen MR) is 103 cm³/mol. The number of ether oxygens (including phenoxy) is 2. The largest absolute Gasteiger partial charge is 0.490 e. The van der Waals surface area contributed by atoms with Crippen LogP contribution >= 0.6 is 23.5 Å². The van der Waals surface area contributed by atoms with Gasteiger partial charge in [-0.2, -0.15) is 13.6 Å². The lowest BCUT2D eigenvalue weighted by atomic mass is 10.1. The van der Waals surface area contributed by atoms with Gasteiger partial charge < -0.3 is 39.9 Å². The molecule has 0 bridgehead atoms. The van der Waals surface area contributed by atoms with Gasteiger partial charge in [0.15, 0.2) is 17.4 Å². The molecular weight excluding hydrogens is 519 g/mol. The number of nitrogens with one attached hydrogen (secondary N) is 1. The van der Waals surface area contributed by atoms with E-state index in [-0.39, 0.29) is 17.1 Å². The number of nitrogens with two attached hydrogens (primary N) is 1. The van der Waals surface area contributed by atoms with Crippen molar-refractivity contribution in [1.82, 2.24) is 19.5 Å². The molecule has 0 amide bonds. The Labute approximate surface area is 182 Å². The van der Waals surface area contributed by atoms with Crippen LogP contribution in [-0.2, 0) is 36.3 Å². The van der Waals surface area contributed by atoms with Crippen LogP contribution < -0.4 is 11.3 Å². The molecule has 1 fully saturated rings. The lowest BCUT2D eigenvalue weighted by molar-refractivity contribution is -0.0526. The second-order valence-corrected chi connectivity index (χ2v) is 10.8. The summed E-state index contributed by atoms with van der Waals surface area (Å²) in [7, 11) is -15.5. The van der Waals surface area contributed by atoms with Crippen LogP contribution in [0.1, 0.15) is 6.23 Å². The van der Waals surface area contributed by atoms with Gasteiger partial charge >= 0.3 is 23.5 Å². The zero-order chi connectivity index (χ0) is 24.8. The van der Waals surface area contributed by atoms with E-state index in [0.717, 1.165) is 10.9 Å². The summed E-state index contributed by atoms with van der Waals surface area (Å²) in [4.78, 5) is 57.8. The molecule has 2 unspecified atom stereocenters. The quantitative estimate of drug-likeness (QED) is 0.176. The Bertz CT molecular complexity index is 1230. The number of methoxy groups -OCH3 is 1. The molecule has 0 aromatic carbocycles. The Morgan fingerprint density at radius 1 is 1.21 bits per heavy atom. The molecule has 0 spiro atoms. The van der Waals surface area contributed by atoms with Gasteiger partial charge in [0.2, 0.25) is 5.95 Å². The summed E-state index contributed by atoms with van der Waals surface area (Å²) in [5.74, 6) is -0.241. The number of anilines is 1. The molecule has 2 aromatic heterocycles. The fourth-order valence-corrected chi connectivity index (χ4v) is 6.00. The first-order valence-corrected chi connectivity index (χ1v) is 13.0. The summed E-state index contributed by atoms with van der Waals surface area (Å²) in [5.41, 5.74) is 4.69. The van der Waals surface area contributed by atoms with Crippen LogP contribution in [0.3, 0.4) is 0 Å². The summed E-state index contributed by atoms with van der Waals surface area (Å²) in [5, 5.41) is 10.6. The third kappa shape index (κ3) is 6.12. The Morgan fingerprint density at radius 3 is 2.48 bits per heavy atom. The van der Waals surface area contributed by atoms with E-state index >= 15 is 0 Å². The number of phosphoric acid groups is 3. The second kappa shape index (κ2) is 9.24. The fourth-order valence-electron chi connectivity index (χ4n) is 2.97. The standard InChI is InChI=1S/C11H18N5O14P3/c1-26-7-4(2-27-32(22,23)30-33(24,25)29-31(19,20)21)28-10(6(7)17)16-3-13-5-8(16)14-11(12)15-9(5)18/h3-4,6-7,10,17H,2H2,1H3,(H,22,23)(H,24,25)(H2,19,20,21)(H3,12,14,15,18)/t4-,6-,7-,10+/m0/s1. The average molecular weight is 537 g/mol. The Morgan fingerprint density at radius 2 is 1.88 bits per heavy atom. The number of hydrogen-bond acceptors (Lipinski definition) is 13. The van der Waals surface area contributed by atoms with Gasteiger partial charge in [0.05, 0.1) is 12.9 Å². The molecule has 3 heterocycles. The minimum Gasteiger partial charge on any atom is -0.386 e. The number of phosphoric ester groups is 1. The van der Waals surface area contributed by atoms with Crippen LogP contribution in [0.4, 0.5) is 5.95 Å². The summed E-state index contributed by atoms with van der Waals surface area (Å²) < 4.78 is 57.6. The first-order chi connectivity index (χ1) is 15.1. The molecule has 2 aromatic rings. The van der Waals surface area contributed by atoms with Crippen molar-refractivity contribution in [1.29, 1.82) is 0 Å². The van der Waals surface area contributed by atoms with Gasteiger partial charge in [-0.25, -0.2) is 18.7 Å². The van der Waals surface area contributed by atoms with Crippen molar-refractivity contribution < 1.29 is 61.0 Å². The Hall–Kier alpha value is -1.56. The number of aromatic nitrogens is 4. The van der Waals surface area contributed by atoms with Crippen molar-refractivity contribution in [2.24, 2.45) is 0 Å². The first-order valence-electron chi connectivity index (χ1n) is 8.49. The van der Waals surface area contributed by atoms with Gasteiger partial charge in [0.1, 0.15) is 18.3 Å². The van der Waals surface area contributed by atoms with Gasteiger partial charge in [0, 0.05) is 7.11 Å². The van der Waals surface area contributed by atoms with Crippen LogP contribution in [0.2, 0.25) is 0 Å². The van der Waals surface area contributed by atoms with E-state index in [1.165, 1.54) is 7.11 Å². The zero-order valence-electron chi connectivity index (χ0n) is 16.3. The van der Waals surface area contributed by atoms with Crippen LogP contribution in [-0.4, -0.2) is 76.2 Å². The van der Waals surface area contributed by atoms with Crippen molar-refractivity contribution >= 4 is 40.6 Å². The second-order valence-electron chi connectivity index (χ2n) is 6.42. The SMILES string of the molecule is CO[C@@H]1[C@H](O)[C@H](n2cnc3c(=O)[nH]c(N)nc32)O[C@H]1COP(=O)(O)OP(=O)(O)OP(=O)(O)O. The van der Waals surface area contributed by atoms with E-state index in [2.05, 4.69) is 28.1 Å². The Kier molecular flexibility index (Phi) is 7.29. The predicted octanol–water partition coefficient (Wildman–Crippen LogP) is -1.68. The van der Waals surface area contributed by atoms with Gasteiger partial charge in [-0.15, -0.1) is 0 Å². The molecule has 0 aliphatic carbocycles. The average Bonchev–Trinajstić information content (AvgIpc) is 3.17. The van der Waals surface area contributed by atoms with E-state index in [4.69, 9.17) is 25.0 Å². The lowest BCUT2D eigenvalue weighted by Gasteiger charge is -2.20. The van der Waals surface area contributed by atoms with Crippen LogP contribution in [0.15, 0.2) is 11.1 Å². The molecule has 8 N–H and O–H groups in total. The monoisotopic (exact) mass is 537 g/mol. The zero-order valence-corrected chi connectivity index (χ0v) is 18.9. The number of H-pyrrole nitrogens is 1. The molecule has 186 valence electrons. The number of rotatable bonds is 9. The van der Waals surface area contributed by atoms with Gasteiger partial charge in [-0.3, -0.25) is 18.9 Å². The maximum Gasteiger partial charge on any atom is 0.490 e.